The minimum absolute atomic E-state index is 0.154. The monoisotopic (exact) mass is 219 g/mol. The van der Waals surface area contributed by atoms with E-state index in [1.807, 2.05) is 24.3 Å². The van der Waals surface area contributed by atoms with Gasteiger partial charge in [-0.2, -0.15) is 0 Å². The van der Waals surface area contributed by atoms with E-state index in [9.17, 15) is 4.79 Å². The van der Waals surface area contributed by atoms with Crippen molar-refractivity contribution in [1.82, 2.24) is 0 Å². The molecule has 1 fully saturated rings. The Morgan fingerprint density at radius 3 is 2.94 bits per heavy atom. The van der Waals surface area contributed by atoms with Crippen molar-refractivity contribution in [2.75, 3.05) is 12.4 Å². The third-order valence-electron chi connectivity index (χ3n) is 2.98. The summed E-state index contributed by atoms with van der Waals surface area (Å²) in [6.45, 7) is 0.577. The zero-order valence-corrected chi connectivity index (χ0v) is 9.53. The van der Waals surface area contributed by atoms with Crippen LogP contribution in [-0.2, 0) is 16.1 Å². The van der Waals surface area contributed by atoms with Crippen molar-refractivity contribution in [2.24, 2.45) is 5.92 Å². The van der Waals surface area contributed by atoms with Crippen molar-refractivity contribution in [3.8, 4) is 0 Å². The summed E-state index contributed by atoms with van der Waals surface area (Å²) >= 11 is 0. The van der Waals surface area contributed by atoms with Crippen LogP contribution in [0.1, 0.15) is 24.8 Å². The van der Waals surface area contributed by atoms with Crippen LogP contribution in [0.2, 0.25) is 0 Å². The Hall–Kier alpha value is -1.35. The molecular weight excluding hydrogens is 202 g/mol. The number of anilines is 1. The highest BCUT2D eigenvalue weighted by molar-refractivity contribution is 5.93. The predicted molar refractivity (Wildman–Crippen MR) is 63.1 cm³/mol. The maximum atomic E-state index is 11.7. The third-order valence-corrected chi connectivity index (χ3v) is 2.98. The van der Waals surface area contributed by atoms with Crippen molar-refractivity contribution in [3.05, 3.63) is 29.8 Å². The Morgan fingerprint density at radius 2 is 2.31 bits per heavy atom. The summed E-state index contributed by atoms with van der Waals surface area (Å²) in [4.78, 5) is 11.7. The highest BCUT2D eigenvalue weighted by Crippen LogP contribution is 2.27. The fourth-order valence-electron chi connectivity index (χ4n) is 1.82. The summed E-state index contributed by atoms with van der Waals surface area (Å²) in [5, 5.41) is 2.95. The molecule has 1 aromatic carbocycles. The van der Waals surface area contributed by atoms with Crippen LogP contribution in [0.4, 0.5) is 5.69 Å². The molecule has 3 nitrogen and oxygen atoms in total. The van der Waals surface area contributed by atoms with Crippen LogP contribution >= 0.6 is 0 Å². The van der Waals surface area contributed by atoms with Crippen molar-refractivity contribution in [2.45, 2.75) is 25.9 Å². The van der Waals surface area contributed by atoms with Gasteiger partial charge in [0.25, 0.3) is 0 Å². The van der Waals surface area contributed by atoms with Gasteiger partial charge in [0.05, 0.1) is 6.61 Å². The Balaban J connectivity index is 1.97. The summed E-state index contributed by atoms with van der Waals surface area (Å²) in [5.74, 6) is 0.381. The molecule has 86 valence electrons. The number of rotatable bonds is 4. The molecule has 3 heteroatoms. The van der Waals surface area contributed by atoms with Crippen LogP contribution in [0.25, 0.3) is 0 Å². The average molecular weight is 219 g/mol. The lowest BCUT2D eigenvalue weighted by Gasteiger charge is -2.24. The molecule has 0 atom stereocenters. The zero-order chi connectivity index (χ0) is 11.4. The van der Waals surface area contributed by atoms with Gasteiger partial charge in [-0.25, -0.2) is 0 Å². The molecule has 0 unspecified atom stereocenters. The van der Waals surface area contributed by atoms with Crippen LogP contribution in [-0.4, -0.2) is 13.0 Å². The number of carbonyl (C=O) groups excluding carboxylic acids is 1. The first-order chi connectivity index (χ1) is 7.79. The number of carbonyl (C=O) groups is 1. The van der Waals surface area contributed by atoms with Crippen LogP contribution in [0, 0.1) is 5.92 Å². The summed E-state index contributed by atoms with van der Waals surface area (Å²) < 4.78 is 5.05. The molecule has 0 saturated heterocycles. The zero-order valence-electron chi connectivity index (χ0n) is 9.53. The number of benzene rings is 1. The maximum absolute atomic E-state index is 11.7. The largest absolute Gasteiger partial charge is 0.380 e. The Labute approximate surface area is 95.8 Å². The number of hydrogen-bond donors (Lipinski definition) is 1. The van der Waals surface area contributed by atoms with Gasteiger partial charge in [0.2, 0.25) is 5.91 Å². The molecule has 0 heterocycles. The molecule has 0 aromatic heterocycles. The predicted octanol–water partition coefficient (Wildman–Crippen LogP) is 2.57. The quantitative estimate of drug-likeness (QED) is 0.845. The minimum atomic E-state index is 0.154. The van der Waals surface area contributed by atoms with Gasteiger partial charge in [0.1, 0.15) is 0 Å². The van der Waals surface area contributed by atoms with E-state index >= 15 is 0 Å². The van der Waals surface area contributed by atoms with Crippen molar-refractivity contribution in [1.29, 1.82) is 0 Å². The van der Waals surface area contributed by atoms with E-state index in [1.54, 1.807) is 7.11 Å². The average Bonchev–Trinajstić information content (AvgIpc) is 2.15. The van der Waals surface area contributed by atoms with Gasteiger partial charge in [-0.05, 0) is 30.5 Å². The molecule has 0 spiro atoms. The van der Waals surface area contributed by atoms with Gasteiger partial charge >= 0.3 is 0 Å². The summed E-state index contributed by atoms with van der Waals surface area (Å²) in [6.07, 6.45) is 3.25. The minimum Gasteiger partial charge on any atom is -0.380 e. The van der Waals surface area contributed by atoms with Gasteiger partial charge < -0.3 is 10.1 Å². The van der Waals surface area contributed by atoms with Crippen LogP contribution in [0.3, 0.4) is 0 Å². The lowest BCUT2D eigenvalue weighted by Crippen LogP contribution is -2.28. The first kappa shape index (κ1) is 11.1. The number of amides is 1. The molecule has 1 saturated carbocycles. The van der Waals surface area contributed by atoms with Crippen molar-refractivity contribution >= 4 is 11.6 Å². The summed E-state index contributed by atoms with van der Waals surface area (Å²) in [6, 6.07) is 7.79. The smallest absolute Gasteiger partial charge is 0.227 e. The third kappa shape index (κ3) is 2.61. The highest BCUT2D eigenvalue weighted by Gasteiger charge is 2.24. The molecule has 1 N–H and O–H groups in total. The molecule has 1 aliphatic carbocycles. The topological polar surface area (TPSA) is 38.3 Å². The molecule has 0 aliphatic heterocycles. The number of methoxy groups -OCH3 is 1. The lowest BCUT2D eigenvalue weighted by molar-refractivity contribution is -0.122. The highest BCUT2D eigenvalue weighted by atomic mass is 16.5. The second-order valence-corrected chi connectivity index (χ2v) is 4.25. The first-order valence-corrected chi connectivity index (χ1v) is 5.68. The fraction of sp³-hybridized carbons (Fsp3) is 0.462. The SMILES string of the molecule is COCc1cccc(NC(=O)C2CCC2)c1. The van der Waals surface area contributed by atoms with Crippen LogP contribution in [0.5, 0.6) is 0 Å². The standard InChI is InChI=1S/C13H17NO2/c1-16-9-10-4-2-7-12(8-10)14-13(15)11-5-3-6-11/h2,4,7-8,11H,3,5-6,9H2,1H3,(H,14,15). The van der Waals surface area contributed by atoms with Gasteiger partial charge in [-0.15, -0.1) is 0 Å². The molecule has 1 amide bonds. The maximum Gasteiger partial charge on any atom is 0.227 e. The normalized spacial score (nSPS) is 15.6. The number of nitrogens with one attached hydrogen (secondary N) is 1. The second kappa shape index (κ2) is 5.12. The van der Waals surface area contributed by atoms with Crippen LogP contribution < -0.4 is 5.32 Å². The van der Waals surface area contributed by atoms with Crippen LogP contribution in [0.15, 0.2) is 24.3 Å². The molecule has 1 aliphatic rings. The van der Waals surface area contributed by atoms with E-state index < -0.39 is 0 Å². The summed E-state index contributed by atoms with van der Waals surface area (Å²) in [7, 11) is 1.67. The van der Waals surface area contributed by atoms with E-state index in [4.69, 9.17) is 4.74 Å². The molecule has 0 radical (unpaired) electrons. The summed E-state index contributed by atoms with van der Waals surface area (Å²) in [5.41, 5.74) is 1.94. The molecule has 0 bridgehead atoms. The van der Waals surface area contributed by atoms with E-state index in [2.05, 4.69) is 5.32 Å². The molecule has 2 rings (SSSR count). The Morgan fingerprint density at radius 1 is 1.50 bits per heavy atom. The Kier molecular flexibility index (Phi) is 3.57. The van der Waals surface area contributed by atoms with E-state index in [0.717, 1.165) is 24.1 Å². The molecular formula is C13H17NO2. The van der Waals surface area contributed by atoms with Gasteiger partial charge in [0.15, 0.2) is 0 Å². The van der Waals surface area contributed by atoms with E-state index in [1.165, 1.54) is 6.42 Å². The van der Waals surface area contributed by atoms with Crippen molar-refractivity contribution in [3.63, 3.8) is 0 Å². The Bertz CT molecular complexity index is 372. The molecule has 1 aromatic rings. The van der Waals surface area contributed by atoms with Gasteiger partial charge in [-0.1, -0.05) is 18.6 Å². The van der Waals surface area contributed by atoms with Crippen molar-refractivity contribution < 1.29 is 9.53 Å². The second-order valence-electron chi connectivity index (χ2n) is 4.25. The molecule has 16 heavy (non-hydrogen) atoms. The van der Waals surface area contributed by atoms with Gasteiger partial charge in [0, 0.05) is 18.7 Å². The number of hydrogen-bond acceptors (Lipinski definition) is 2. The first-order valence-electron chi connectivity index (χ1n) is 5.68. The fourth-order valence-corrected chi connectivity index (χ4v) is 1.82. The number of ether oxygens (including phenoxy) is 1. The van der Waals surface area contributed by atoms with E-state index in [-0.39, 0.29) is 11.8 Å². The lowest BCUT2D eigenvalue weighted by atomic mass is 9.85. The van der Waals surface area contributed by atoms with Gasteiger partial charge in [-0.3, -0.25) is 4.79 Å². The van der Waals surface area contributed by atoms with E-state index in [0.29, 0.717) is 6.61 Å².